The van der Waals surface area contributed by atoms with Gasteiger partial charge in [-0.05, 0) is 41.8 Å². The van der Waals surface area contributed by atoms with Gasteiger partial charge >= 0.3 is 5.97 Å². The van der Waals surface area contributed by atoms with E-state index in [0.717, 1.165) is 11.1 Å². The SMILES string of the molecule is N#Cc1ccc(COC(=O)CCc2ccc(S(=O)(=O)N3CCOCC3)cc2)cc1. The van der Waals surface area contributed by atoms with Crippen LogP contribution in [0.2, 0.25) is 0 Å². The van der Waals surface area contributed by atoms with Crippen LogP contribution in [0.1, 0.15) is 23.1 Å². The number of carbonyl (C=O) groups is 1. The summed E-state index contributed by atoms with van der Waals surface area (Å²) in [6, 6.07) is 15.5. The summed E-state index contributed by atoms with van der Waals surface area (Å²) >= 11 is 0. The molecule has 1 aliphatic heterocycles. The number of esters is 1. The third-order valence-corrected chi connectivity index (χ3v) is 6.54. The number of ether oxygens (including phenoxy) is 2. The summed E-state index contributed by atoms with van der Waals surface area (Å²) in [6.45, 7) is 1.68. The van der Waals surface area contributed by atoms with Crippen LogP contribution in [0.25, 0.3) is 0 Å². The van der Waals surface area contributed by atoms with Crippen molar-refractivity contribution in [2.75, 3.05) is 26.3 Å². The first kappa shape index (κ1) is 21.0. The molecular formula is C21H22N2O5S. The van der Waals surface area contributed by atoms with E-state index in [1.54, 1.807) is 48.5 Å². The first-order valence-corrected chi connectivity index (χ1v) is 10.7. The van der Waals surface area contributed by atoms with Gasteiger partial charge in [0.1, 0.15) is 6.61 Å². The number of hydrogen-bond acceptors (Lipinski definition) is 6. The van der Waals surface area contributed by atoms with E-state index in [-0.39, 0.29) is 23.9 Å². The quantitative estimate of drug-likeness (QED) is 0.645. The van der Waals surface area contributed by atoms with E-state index in [4.69, 9.17) is 14.7 Å². The molecule has 0 spiro atoms. The van der Waals surface area contributed by atoms with Crippen LogP contribution < -0.4 is 0 Å². The Balaban J connectivity index is 1.49. The highest BCUT2D eigenvalue weighted by atomic mass is 32.2. The van der Waals surface area contributed by atoms with Gasteiger partial charge < -0.3 is 9.47 Å². The van der Waals surface area contributed by atoms with E-state index >= 15 is 0 Å². The molecule has 0 N–H and O–H groups in total. The highest BCUT2D eigenvalue weighted by Crippen LogP contribution is 2.18. The van der Waals surface area contributed by atoms with Gasteiger partial charge in [0.25, 0.3) is 0 Å². The zero-order valence-electron chi connectivity index (χ0n) is 15.9. The average molecular weight is 414 g/mol. The second-order valence-corrected chi connectivity index (χ2v) is 8.57. The summed E-state index contributed by atoms with van der Waals surface area (Å²) < 4.78 is 37.1. The number of nitriles is 1. The van der Waals surface area contributed by atoms with E-state index < -0.39 is 10.0 Å². The number of nitrogens with zero attached hydrogens (tertiary/aromatic N) is 2. The lowest BCUT2D eigenvalue weighted by molar-refractivity contribution is -0.144. The van der Waals surface area contributed by atoms with Crippen molar-refractivity contribution in [1.29, 1.82) is 5.26 Å². The minimum atomic E-state index is -3.51. The van der Waals surface area contributed by atoms with Crippen molar-refractivity contribution in [3.05, 3.63) is 65.2 Å². The smallest absolute Gasteiger partial charge is 0.306 e. The molecular weight excluding hydrogens is 392 g/mol. The maximum Gasteiger partial charge on any atom is 0.306 e. The number of hydrogen-bond donors (Lipinski definition) is 0. The van der Waals surface area contributed by atoms with Crippen molar-refractivity contribution in [3.8, 4) is 6.07 Å². The number of carbonyl (C=O) groups excluding carboxylic acids is 1. The van der Waals surface area contributed by atoms with Crippen LogP contribution in [0.15, 0.2) is 53.4 Å². The van der Waals surface area contributed by atoms with Crippen LogP contribution in [0.3, 0.4) is 0 Å². The second-order valence-electron chi connectivity index (χ2n) is 6.63. The Morgan fingerprint density at radius 3 is 2.28 bits per heavy atom. The van der Waals surface area contributed by atoms with E-state index in [2.05, 4.69) is 0 Å². The van der Waals surface area contributed by atoms with Gasteiger partial charge in [-0.25, -0.2) is 8.42 Å². The summed E-state index contributed by atoms with van der Waals surface area (Å²) in [5, 5.41) is 8.78. The molecule has 0 aliphatic carbocycles. The maximum atomic E-state index is 12.6. The van der Waals surface area contributed by atoms with Gasteiger partial charge in [-0.2, -0.15) is 9.57 Å². The summed E-state index contributed by atoms with van der Waals surface area (Å²) in [7, 11) is -3.51. The van der Waals surface area contributed by atoms with Gasteiger partial charge in [-0.15, -0.1) is 0 Å². The van der Waals surface area contributed by atoms with E-state index in [0.29, 0.717) is 38.3 Å². The third-order valence-electron chi connectivity index (χ3n) is 4.63. The van der Waals surface area contributed by atoms with Crippen LogP contribution in [-0.2, 0) is 37.3 Å². The van der Waals surface area contributed by atoms with Crippen LogP contribution in [0.4, 0.5) is 0 Å². The first-order chi connectivity index (χ1) is 14.0. The Hall–Kier alpha value is -2.73. The molecule has 2 aromatic carbocycles. The maximum absolute atomic E-state index is 12.6. The fraction of sp³-hybridized carbons (Fsp3) is 0.333. The molecule has 0 bridgehead atoms. The lowest BCUT2D eigenvalue weighted by atomic mass is 10.1. The Bertz CT molecular complexity index is 973. The lowest BCUT2D eigenvalue weighted by Gasteiger charge is -2.26. The van der Waals surface area contributed by atoms with Gasteiger partial charge in [0.05, 0.1) is 29.7 Å². The Morgan fingerprint density at radius 1 is 1.03 bits per heavy atom. The highest BCUT2D eigenvalue weighted by Gasteiger charge is 2.26. The van der Waals surface area contributed by atoms with Crippen LogP contribution in [-0.4, -0.2) is 45.0 Å². The van der Waals surface area contributed by atoms with E-state index in [1.165, 1.54) is 4.31 Å². The average Bonchev–Trinajstić information content (AvgIpc) is 2.77. The molecule has 29 heavy (non-hydrogen) atoms. The molecule has 0 amide bonds. The number of sulfonamides is 1. The molecule has 0 unspecified atom stereocenters. The molecule has 3 rings (SSSR count). The van der Waals surface area contributed by atoms with Crippen LogP contribution >= 0.6 is 0 Å². The Labute approximate surface area is 170 Å². The Morgan fingerprint density at radius 2 is 1.66 bits per heavy atom. The normalized spacial score (nSPS) is 14.9. The predicted octanol–water partition coefficient (Wildman–Crippen LogP) is 2.26. The van der Waals surface area contributed by atoms with Crippen molar-refractivity contribution in [1.82, 2.24) is 4.31 Å². The molecule has 8 heteroatoms. The summed E-state index contributed by atoms with van der Waals surface area (Å²) in [6.07, 6.45) is 0.663. The molecule has 1 aliphatic rings. The molecule has 0 saturated carbocycles. The topological polar surface area (TPSA) is 96.7 Å². The van der Waals surface area contributed by atoms with Crippen molar-refractivity contribution >= 4 is 16.0 Å². The summed E-state index contributed by atoms with van der Waals surface area (Å²) in [4.78, 5) is 12.2. The van der Waals surface area contributed by atoms with Crippen molar-refractivity contribution in [2.45, 2.75) is 24.3 Å². The highest BCUT2D eigenvalue weighted by molar-refractivity contribution is 7.89. The van der Waals surface area contributed by atoms with Crippen LogP contribution in [0, 0.1) is 11.3 Å². The minimum absolute atomic E-state index is 0.154. The second kappa shape index (κ2) is 9.65. The molecule has 1 saturated heterocycles. The van der Waals surface area contributed by atoms with Crippen molar-refractivity contribution in [2.24, 2.45) is 0 Å². The number of morpholine rings is 1. The molecule has 7 nitrogen and oxygen atoms in total. The van der Waals surface area contributed by atoms with E-state index in [9.17, 15) is 13.2 Å². The van der Waals surface area contributed by atoms with E-state index in [1.807, 2.05) is 6.07 Å². The molecule has 0 radical (unpaired) electrons. The van der Waals surface area contributed by atoms with Gasteiger partial charge in [0.2, 0.25) is 10.0 Å². The van der Waals surface area contributed by atoms with Gasteiger partial charge in [-0.3, -0.25) is 4.79 Å². The van der Waals surface area contributed by atoms with Crippen molar-refractivity contribution in [3.63, 3.8) is 0 Å². The number of aryl methyl sites for hydroxylation is 1. The minimum Gasteiger partial charge on any atom is -0.461 e. The number of rotatable bonds is 7. The third kappa shape index (κ3) is 5.64. The lowest BCUT2D eigenvalue weighted by Crippen LogP contribution is -2.40. The molecule has 152 valence electrons. The van der Waals surface area contributed by atoms with Gasteiger partial charge in [-0.1, -0.05) is 24.3 Å². The largest absolute Gasteiger partial charge is 0.461 e. The molecule has 2 aromatic rings. The summed E-state index contributed by atoms with van der Waals surface area (Å²) in [5.74, 6) is -0.334. The zero-order chi connectivity index (χ0) is 20.7. The fourth-order valence-electron chi connectivity index (χ4n) is 2.92. The fourth-order valence-corrected chi connectivity index (χ4v) is 4.33. The molecule has 1 heterocycles. The molecule has 1 fully saturated rings. The molecule has 0 atom stereocenters. The van der Waals surface area contributed by atoms with Gasteiger partial charge in [0, 0.05) is 19.5 Å². The molecule has 0 aromatic heterocycles. The Kier molecular flexibility index (Phi) is 6.99. The zero-order valence-corrected chi connectivity index (χ0v) is 16.7. The monoisotopic (exact) mass is 414 g/mol. The predicted molar refractivity (Wildman–Crippen MR) is 105 cm³/mol. The van der Waals surface area contributed by atoms with Crippen LogP contribution in [0.5, 0.6) is 0 Å². The number of benzene rings is 2. The standard InChI is InChI=1S/C21H22N2O5S/c22-15-18-1-3-19(4-2-18)16-28-21(24)10-7-17-5-8-20(9-6-17)29(25,26)23-11-13-27-14-12-23/h1-6,8-9H,7,10-14,16H2. The summed E-state index contributed by atoms with van der Waals surface area (Å²) in [5.41, 5.74) is 2.23. The van der Waals surface area contributed by atoms with Gasteiger partial charge in [0.15, 0.2) is 0 Å². The van der Waals surface area contributed by atoms with Crippen molar-refractivity contribution < 1.29 is 22.7 Å². The first-order valence-electron chi connectivity index (χ1n) is 9.30.